The molecule has 0 fully saturated rings. The van der Waals surface area contributed by atoms with E-state index in [-0.39, 0.29) is 34.7 Å². The summed E-state index contributed by atoms with van der Waals surface area (Å²) in [6.45, 7) is 9.11. The van der Waals surface area contributed by atoms with E-state index < -0.39 is 35.7 Å². The Hall–Kier alpha value is -2.05. The number of carbonyl (C=O) groups excluding carboxylic acids is 6. The maximum atomic E-state index is 10.6. The minimum absolute atomic E-state index is 0. The van der Waals surface area contributed by atoms with Crippen LogP contribution < -0.4 is 15.3 Å². The van der Waals surface area contributed by atoms with Gasteiger partial charge in [-0.25, -0.2) is 0 Å². The predicted molar refractivity (Wildman–Crippen MR) is 103 cm³/mol. The molecule has 0 spiro atoms. The van der Waals surface area contributed by atoms with E-state index in [0.29, 0.717) is 32.1 Å². The van der Waals surface area contributed by atoms with Gasteiger partial charge in [0.05, 0.1) is 35.7 Å². The zero-order chi connectivity index (χ0) is 23.7. The van der Waals surface area contributed by atoms with Crippen molar-refractivity contribution in [3.63, 3.8) is 0 Å². The van der Waals surface area contributed by atoms with Gasteiger partial charge in [0, 0.05) is 0 Å². The van der Waals surface area contributed by atoms with Crippen LogP contribution in [-0.4, -0.2) is 52.6 Å². The van der Waals surface area contributed by atoms with Gasteiger partial charge < -0.3 is 29.7 Å². The summed E-state index contributed by atoms with van der Waals surface area (Å²) in [5, 5.41) is 30.4. The first-order valence-corrected chi connectivity index (χ1v) is 9.42. The molecule has 0 amide bonds. The molecule has 0 bridgehead atoms. The second-order valence-corrected chi connectivity index (χ2v) is 6.43. The molecule has 3 unspecified atom stereocenters. The van der Waals surface area contributed by atoms with Gasteiger partial charge in [-0.3, -0.25) is 14.4 Å². The van der Waals surface area contributed by atoms with Crippen molar-refractivity contribution in [2.24, 2.45) is 17.8 Å². The summed E-state index contributed by atoms with van der Waals surface area (Å²) >= 11 is 0. The fourth-order valence-electron chi connectivity index (χ4n) is 2.17. The smallest absolute Gasteiger partial charge is 0.549 e. The molecule has 0 N–H and O–H groups in total. The summed E-state index contributed by atoms with van der Waals surface area (Å²) in [6, 6.07) is 0. The molecule has 0 saturated carbocycles. The normalized spacial score (nSPS) is 12.2. The van der Waals surface area contributed by atoms with Crippen molar-refractivity contribution in [2.45, 2.75) is 73.6 Å². The number of ketones is 3. The molecule has 0 rings (SSSR count). The van der Waals surface area contributed by atoms with E-state index >= 15 is 0 Å². The van der Waals surface area contributed by atoms with E-state index in [2.05, 4.69) is 0 Å². The third kappa shape index (κ3) is 18.0. The number of carboxylic acids is 3. The Bertz CT molecular complexity index is 497. The topological polar surface area (TPSA) is 172 Å². The van der Waals surface area contributed by atoms with Gasteiger partial charge in [-0.2, -0.15) is 0 Å². The minimum Gasteiger partial charge on any atom is -0.549 e. The molecule has 0 heterocycles. The van der Waals surface area contributed by atoms with E-state index in [1.54, 1.807) is 6.92 Å². The average Bonchev–Trinajstić information content (AvgIpc) is 2.57. The van der Waals surface area contributed by atoms with Crippen LogP contribution in [0, 0.1) is 17.8 Å². The second kappa shape index (κ2) is 20.2. The van der Waals surface area contributed by atoms with Crippen LogP contribution in [0.2, 0.25) is 0 Å². The van der Waals surface area contributed by atoms with Crippen molar-refractivity contribution in [1.29, 1.82) is 0 Å². The van der Waals surface area contributed by atoms with E-state index in [9.17, 15) is 44.1 Å². The molecule has 0 saturated heterocycles. The Labute approximate surface area is 188 Å². The van der Waals surface area contributed by atoms with Crippen molar-refractivity contribution in [1.82, 2.24) is 0 Å². The Morgan fingerprint density at radius 2 is 0.800 bits per heavy atom. The molecule has 0 aromatic carbocycles. The SMILES string of the molecule is CCC(C(C)=O)C(=O)[O-].CCCC(C(C)=O)C(=O)[O-].CCCC(C(C)=O)C(=O)[O-].[Al+3]. The van der Waals surface area contributed by atoms with Gasteiger partial charge in [0.2, 0.25) is 0 Å². The third-order valence-electron chi connectivity index (χ3n) is 3.89. The third-order valence-corrected chi connectivity index (χ3v) is 3.89. The number of carboxylic acid groups (broad SMARTS) is 3. The number of aliphatic carboxylic acids is 3. The van der Waals surface area contributed by atoms with Gasteiger partial charge in [0.15, 0.2) is 0 Å². The van der Waals surface area contributed by atoms with Crippen LogP contribution in [-0.2, 0) is 28.8 Å². The van der Waals surface area contributed by atoms with E-state index in [4.69, 9.17) is 0 Å². The number of carbonyl (C=O) groups is 6. The summed E-state index contributed by atoms with van der Waals surface area (Å²) in [4.78, 5) is 61.9. The van der Waals surface area contributed by atoms with Gasteiger partial charge in [-0.15, -0.1) is 0 Å². The fourth-order valence-corrected chi connectivity index (χ4v) is 2.17. The molecule has 0 aliphatic rings. The first kappa shape index (κ1) is 35.4. The molecule has 0 aliphatic carbocycles. The van der Waals surface area contributed by atoms with Gasteiger partial charge in [-0.1, -0.05) is 33.6 Å². The number of hydrogen-bond donors (Lipinski definition) is 0. The van der Waals surface area contributed by atoms with Crippen molar-refractivity contribution in [2.75, 3.05) is 0 Å². The van der Waals surface area contributed by atoms with Gasteiger partial charge in [0.25, 0.3) is 0 Å². The molecule has 3 atom stereocenters. The number of rotatable bonds is 11. The summed E-state index contributed by atoms with van der Waals surface area (Å²) in [5.41, 5.74) is 0. The Morgan fingerprint density at radius 1 is 0.567 bits per heavy atom. The molecule has 10 heteroatoms. The van der Waals surface area contributed by atoms with Crippen LogP contribution in [0.25, 0.3) is 0 Å². The van der Waals surface area contributed by atoms with Crippen molar-refractivity contribution in [3.05, 3.63) is 0 Å². The minimum atomic E-state index is -1.27. The largest absolute Gasteiger partial charge is 3.00 e. The summed E-state index contributed by atoms with van der Waals surface area (Å²) in [6.07, 6.45) is 2.48. The van der Waals surface area contributed by atoms with Crippen molar-refractivity contribution < 1.29 is 44.1 Å². The number of Topliss-reactive ketones (excluding diaryl/α,β-unsaturated/α-hetero) is 3. The zero-order valence-corrected chi connectivity index (χ0v) is 19.7. The quantitative estimate of drug-likeness (QED) is 0.271. The van der Waals surface area contributed by atoms with Crippen LogP contribution in [0.15, 0.2) is 0 Å². The molecule has 9 nitrogen and oxygen atoms in total. The fraction of sp³-hybridized carbons (Fsp3) is 0.700. The molecule has 0 aliphatic heterocycles. The zero-order valence-electron chi connectivity index (χ0n) is 18.5. The van der Waals surface area contributed by atoms with Gasteiger partial charge in [-0.05, 0) is 40.0 Å². The first-order valence-electron chi connectivity index (χ1n) is 9.42. The maximum absolute atomic E-state index is 10.6. The Balaban J connectivity index is -0.000000167. The standard InChI is InChI=1S/2C7H12O3.C6H10O3.Al/c2*1-3-4-6(5(2)8)7(9)10;1-3-5(4(2)7)6(8)9;/h2*6H,3-4H2,1-2H3,(H,9,10);5H,3H2,1-2H3,(H,8,9);/q;;;+3/p-3. The van der Waals surface area contributed by atoms with E-state index in [1.165, 1.54) is 20.8 Å². The molecule has 30 heavy (non-hydrogen) atoms. The van der Waals surface area contributed by atoms with Gasteiger partial charge in [0.1, 0.15) is 17.3 Å². The predicted octanol–water partition coefficient (Wildman–Crippen LogP) is -1.55. The second-order valence-electron chi connectivity index (χ2n) is 6.43. The summed E-state index contributed by atoms with van der Waals surface area (Å²) in [5.74, 6) is -7.46. The van der Waals surface area contributed by atoms with Crippen LogP contribution in [0.4, 0.5) is 0 Å². The Morgan fingerprint density at radius 3 is 0.833 bits per heavy atom. The van der Waals surface area contributed by atoms with Crippen LogP contribution in [0.5, 0.6) is 0 Å². The molecule has 0 aromatic rings. The molecule has 0 aromatic heterocycles. The van der Waals surface area contributed by atoms with Gasteiger partial charge >= 0.3 is 17.4 Å². The van der Waals surface area contributed by atoms with E-state index in [1.807, 2.05) is 13.8 Å². The summed E-state index contributed by atoms with van der Waals surface area (Å²) < 4.78 is 0. The molecular formula is C20H31AlO9. The first-order chi connectivity index (χ1) is 13.3. The summed E-state index contributed by atoms with van der Waals surface area (Å²) in [7, 11) is 0. The monoisotopic (exact) mass is 442 g/mol. The van der Waals surface area contributed by atoms with Crippen LogP contribution in [0.3, 0.4) is 0 Å². The van der Waals surface area contributed by atoms with Crippen molar-refractivity contribution >= 4 is 52.6 Å². The van der Waals surface area contributed by atoms with Crippen LogP contribution in [0.1, 0.15) is 73.6 Å². The number of hydrogen-bond acceptors (Lipinski definition) is 9. The molecular weight excluding hydrogens is 411 g/mol. The molecule has 168 valence electrons. The Kier molecular flexibility index (Phi) is 23.9. The maximum Gasteiger partial charge on any atom is 3.00 e. The molecule has 0 radical (unpaired) electrons. The van der Waals surface area contributed by atoms with Crippen LogP contribution >= 0.6 is 0 Å². The van der Waals surface area contributed by atoms with Crippen molar-refractivity contribution in [3.8, 4) is 0 Å². The van der Waals surface area contributed by atoms with E-state index in [0.717, 1.165) is 0 Å². The average molecular weight is 442 g/mol.